The average Bonchev–Trinajstić information content (AvgIpc) is 2.87. The van der Waals surface area contributed by atoms with Crippen LogP contribution in [0.3, 0.4) is 0 Å². The highest BCUT2D eigenvalue weighted by molar-refractivity contribution is 5.86. The van der Waals surface area contributed by atoms with Gasteiger partial charge in [-0.1, -0.05) is 0 Å². The molecule has 0 aliphatic carbocycles. The van der Waals surface area contributed by atoms with E-state index in [0.29, 0.717) is 26.0 Å². The number of guanidine groups is 1. The Bertz CT molecular complexity index is 408. The molecule has 1 atom stereocenters. The number of likely N-dealkylation sites (N-methyl/N-ethyl adjacent to an activating group) is 1. The molecule has 1 unspecified atom stereocenters. The Labute approximate surface area is 131 Å². The Morgan fingerprint density at radius 1 is 1.50 bits per heavy atom. The lowest BCUT2D eigenvalue weighted by Gasteiger charge is -2.36. The summed E-state index contributed by atoms with van der Waals surface area (Å²) in [5.41, 5.74) is -0.561. The molecular formula is C14H27N5O3. The maximum absolute atomic E-state index is 12.3. The minimum Gasteiger partial charge on any atom is -0.444 e. The monoisotopic (exact) mass is 313 g/mol. The highest BCUT2D eigenvalue weighted by atomic mass is 16.6. The molecule has 3 N–H and O–H groups in total. The van der Waals surface area contributed by atoms with Crippen molar-refractivity contribution in [2.45, 2.75) is 45.4 Å². The van der Waals surface area contributed by atoms with E-state index in [1.54, 1.807) is 9.80 Å². The SMILES string of the molecule is CNCCN(C(=N)NC=O)C1CCCN1C(=O)OC(C)(C)C. The molecule has 1 rings (SSSR count). The fraction of sp³-hybridized carbons (Fsp3) is 0.786. The van der Waals surface area contributed by atoms with Crippen LogP contribution >= 0.6 is 0 Å². The van der Waals surface area contributed by atoms with Gasteiger partial charge in [0.2, 0.25) is 6.41 Å². The molecule has 2 amide bonds. The standard InChI is InChI=1S/C14H27N5O3/c1-14(2,3)22-13(21)19-8-5-6-11(19)18(9-7-16-4)12(15)17-10-20/h10-11,16H,5-9H2,1-4H3,(H2,15,17,20). The number of hydrogen-bond acceptors (Lipinski definition) is 5. The van der Waals surface area contributed by atoms with Crippen molar-refractivity contribution in [1.29, 1.82) is 5.41 Å². The lowest BCUT2D eigenvalue weighted by molar-refractivity contribution is -0.108. The van der Waals surface area contributed by atoms with Gasteiger partial charge in [-0.3, -0.25) is 20.4 Å². The van der Waals surface area contributed by atoms with E-state index >= 15 is 0 Å². The van der Waals surface area contributed by atoms with Crippen molar-refractivity contribution in [3.8, 4) is 0 Å². The number of likely N-dealkylation sites (tertiary alicyclic amines) is 1. The van der Waals surface area contributed by atoms with Gasteiger partial charge in [0.05, 0.1) is 0 Å². The number of nitrogens with zero attached hydrogens (tertiary/aromatic N) is 2. The largest absolute Gasteiger partial charge is 0.444 e. The zero-order valence-electron chi connectivity index (χ0n) is 13.8. The summed E-state index contributed by atoms with van der Waals surface area (Å²) in [7, 11) is 1.81. The number of amides is 2. The van der Waals surface area contributed by atoms with Crippen LogP contribution in [0.1, 0.15) is 33.6 Å². The van der Waals surface area contributed by atoms with Gasteiger partial charge in [0.25, 0.3) is 0 Å². The van der Waals surface area contributed by atoms with Crippen LogP contribution in [-0.4, -0.2) is 66.7 Å². The van der Waals surface area contributed by atoms with E-state index < -0.39 is 5.60 Å². The van der Waals surface area contributed by atoms with E-state index in [-0.39, 0.29) is 18.2 Å². The zero-order chi connectivity index (χ0) is 16.8. The van der Waals surface area contributed by atoms with Gasteiger partial charge in [0.15, 0.2) is 5.96 Å². The molecule has 0 saturated carbocycles. The van der Waals surface area contributed by atoms with Gasteiger partial charge in [-0.25, -0.2) is 4.79 Å². The third-order valence-electron chi connectivity index (χ3n) is 3.29. The molecule has 8 heteroatoms. The first-order chi connectivity index (χ1) is 10.3. The second-order valence-corrected chi connectivity index (χ2v) is 6.20. The van der Waals surface area contributed by atoms with Crippen molar-refractivity contribution in [2.24, 2.45) is 0 Å². The minimum atomic E-state index is -0.561. The molecule has 1 saturated heterocycles. The number of nitrogens with one attached hydrogen (secondary N) is 3. The summed E-state index contributed by atoms with van der Waals surface area (Å²) >= 11 is 0. The molecular weight excluding hydrogens is 286 g/mol. The van der Waals surface area contributed by atoms with Gasteiger partial charge in [-0.2, -0.15) is 0 Å². The number of rotatable bonds is 5. The van der Waals surface area contributed by atoms with Gasteiger partial charge in [0.1, 0.15) is 11.8 Å². The molecule has 0 spiro atoms. The van der Waals surface area contributed by atoms with Gasteiger partial charge in [0, 0.05) is 19.6 Å². The molecule has 22 heavy (non-hydrogen) atoms. The fourth-order valence-corrected chi connectivity index (χ4v) is 2.39. The number of carbonyl (C=O) groups excluding carboxylic acids is 2. The van der Waals surface area contributed by atoms with Gasteiger partial charge in [-0.15, -0.1) is 0 Å². The van der Waals surface area contributed by atoms with Gasteiger partial charge >= 0.3 is 6.09 Å². The van der Waals surface area contributed by atoms with E-state index in [1.807, 2.05) is 27.8 Å². The fourth-order valence-electron chi connectivity index (χ4n) is 2.39. The highest BCUT2D eigenvalue weighted by Crippen LogP contribution is 2.23. The van der Waals surface area contributed by atoms with Crippen molar-refractivity contribution in [3.05, 3.63) is 0 Å². The van der Waals surface area contributed by atoms with Crippen LogP contribution in [0, 0.1) is 5.41 Å². The molecule has 1 heterocycles. The van der Waals surface area contributed by atoms with E-state index in [9.17, 15) is 9.59 Å². The summed E-state index contributed by atoms with van der Waals surface area (Å²) < 4.78 is 5.43. The van der Waals surface area contributed by atoms with Crippen LogP contribution in [0.4, 0.5) is 4.79 Å². The van der Waals surface area contributed by atoms with Crippen molar-refractivity contribution in [3.63, 3.8) is 0 Å². The summed E-state index contributed by atoms with van der Waals surface area (Å²) in [4.78, 5) is 26.3. The van der Waals surface area contributed by atoms with Crippen LogP contribution < -0.4 is 10.6 Å². The third kappa shape index (κ3) is 5.18. The molecule has 0 bridgehead atoms. The van der Waals surface area contributed by atoms with Crippen LogP contribution in [0.25, 0.3) is 0 Å². The third-order valence-corrected chi connectivity index (χ3v) is 3.29. The predicted octanol–water partition coefficient (Wildman–Crippen LogP) is 0.546. The zero-order valence-corrected chi connectivity index (χ0v) is 13.8. The summed E-state index contributed by atoms with van der Waals surface area (Å²) in [6.07, 6.45) is 1.40. The molecule has 1 fully saturated rings. The topological polar surface area (TPSA) is 97.8 Å². The van der Waals surface area contributed by atoms with Crippen molar-refractivity contribution >= 4 is 18.5 Å². The second kappa shape index (κ2) is 7.98. The molecule has 126 valence electrons. The molecule has 1 aliphatic rings. The van der Waals surface area contributed by atoms with Crippen LogP contribution in [-0.2, 0) is 9.53 Å². The molecule has 0 aromatic rings. The van der Waals surface area contributed by atoms with Crippen LogP contribution in [0.5, 0.6) is 0 Å². The van der Waals surface area contributed by atoms with E-state index in [1.165, 1.54) is 0 Å². The molecule has 0 radical (unpaired) electrons. The number of hydrogen-bond donors (Lipinski definition) is 3. The molecule has 0 aromatic carbocycles. The summed E-state index contributed by atoms with van der Waals surface area (Å²) in [5, 5.41) is 13.4. The maximum atomic E-state index is 12.3. The Morgan fingerprint density at radius 2 is 2.18 bits per heavy atom. The van der Waals surface area contributed by atoms with Crippen molar-refractivity contribution in [1.82, 2.24) is 20.4 Å². The number of ether oxygens (including phenoxy) is 1. The maximum Gasteiger partial charge on any atom is 0.411 e. The Kier molecular flexibility index (Phi) is 6.61. The van der Waals surface area contributed by atoms with E-state index in [2.05, 4.69) is 10.6 Å². The minimum absolute atomic E-state index is 0.00860. The normalized spacial score (nSPS) is 18.0. The summed E-state index contributed by atoms with van der Waals surface area (Å²) in [6.45, 7) is 7.21. The average molecular weight is 313 g/mol. The van der Waals surface area contributed by atoms with Crippen LogP contribution in [0.2, 0.25) is 0 Å². The van der Waals surface area contributed by atoms with Gasteiger partial charge < -0.3 is 15.0 Å². The van der Waals surface area contributed by atoms with Crippen molar-refractivity contribution in [2.75, 3.05) is 26.7 Å². The smallest absolute Gasteiger partial charge is 0.411 e. The second-order valence-electron chi connectivity index (χ2n) is 6.20. The summed E-state index contributed by atoms with van der Waals surface area (Å²) in [6, 6.07) is 0. The quantitative estimate of drug-likeness (QED) is 0.391. The first kappa shape index (κ1) is 18.2. The Balaban J connectivity index is 2.84. The molecule has 1 aliphatic heterocycles. The molecule has 8 nitrogen and oxygen atoms in total. The van der Waals surface area contributed by atoms with E-state index in [0.717, 1.165) is 12.8 Å². The Morgan fingerprint density at radius 3 is 2.73 bits per heavy atom. The predicted molar refractivity (Wildman–Crippen MR) is 83.5 cm³/mol. The van der Waals surface area contributed by atoms with Crippen LogP contribution in [0.15, 0.2) is 0 Å². The lowest BCUT2D eigenvalue weighted by Crippen LogP contribution is -2.55. The molecule has 0 aromatic heterocycles. The van der Waals surface area contributed by atoms with Crippen molar-refractivity contribution < 1.29 is 14.3 Å². The first-order valence-corrected chi connectivity index (χ1v) is 7.49. The van der Waals surface area contributed by atoms with E-state index in [4.69, 9.17) is 10.1 Å². The van der Waals surface area contributed by atoms with Gasteiger partial charge in [-0.05, 0) is 40.7 Å². The Hall–Kier alpha value is -1.83. The lowest BCUT2D eigenvalue weighted by atomic mass is 10.2. The summed E-state index contributed by atoms with van der Waals surface area (Å²) in [5.74, 6) is -0.00860. The number of carbonyl (C=O) groups is 2. The highest BCUT2D eigenvalue weighted by Gasteiger charge is 2.36. The first-order valence-electron chi connectivity index (χ1n) is 7.49.